The number of sulfonamides is 1. The first kappa shape index (κ1) is 28.1. The van der Waals surface area contributed by atoms with Crippen LogP contribution < -0.4 is 26.0 Å². The molecule has 38 heavy (non-hydrogen) atoms. The molecule has 0 saturated carbocycles. The molecule has 1 heterocycles. The van der Waals surface area contributed by atoms with E-state index in [9.17, 15) is 22.4 Å². The van der Waals surface area contributed by atoms with Crippen molar-refractivity contribution >= 4 is 56.4 Å². The minimum atomic E-state index is -3.58. The van der Waals surface area contributed by atoms with E-state index in [1.807, 2.05) is 0 Å². The van der Waals surface area contributed by atoms with Crippen LogP contribution in [0.2, 0.25) is 0 Å². The van der Waals surface area contributed by atoms with Gasteiger partial charge in [-0.1, -0.05) is 12.1 Å². The van der Waals surface area contributed by atoms with Gasteiger partial charge < -0.3 is 26.4 Å². The van der Waals surface area contributed by atoms with Gasteiger partial charge in [-0.3, -0.25) is 13.9 Å². The minimum absolute atomic E-state index is 0.0122. The zero-order chi connectivity index (χ0) is 27.9. The van der Waals surface area contributed by atoms with Crippen molar-refractivity contribution in [3.63, 3.8) is 0 Å². The Kier molecular flexibility index (Phi) is 9.02. The van der Waals surface area contributed by atoms with Crippen molar-refractivity contribution in [3.8, 4) is 0 Å². The number of primary amides is 1. The maximum atomic E-state index is 14.5. The average Bonchev–Trinajstić information content (AvgIpc) is 2.87. The number of anilines is 6. The van der Waals surface area contributed by atoms with Crippen molar-refractivity contribution in [1.82, 2.24) is 9.97 Å². The van der Waals surface area contributed by atoms with Crippen LogP contribution in [0.4, 0.5) is 38.9 Å². The molecule has 1 amide bonds. The fourth-order valence-corrected chi connectivity index (χ4v) is 3.81. The fraction of sp³-hybridized carbons (Fsp3) is 0.250. The predicted octanol–water partition coefficient (Wildman–Crippen LogP) is 2.96. The summed E-state index contributed by atoms with van der Waals surface area (Å²) < 4.78 is 44.4. The smallest absolute Gasteiger partial charge is 0.305 e. The molecule has 2 aromatic carbocycles. The molecular formula is C24H28FN7O5S. The highest BCUT2D eigenvalue weighted by atomic mass is 32.2. The second-order valence-electron chi connectivity index (χ2n) is 8.12. The SMILES string of the molecule is COC(=O)CCCNc1ccc(F)c(Nc2ncc(C(N)=O)c(Nc3ccccc3N(C)S(C)(=O)=O)n2)c1. The lowest BCUT2D eigenvalue weighted by atomic mass is 10.2. The number of para-hydroxylation sites is 2. The molecule has 1 aromatic heterocycles. The van der Waals surface area contributed by atoms with Gasteiger partial charge in [-0.2, -0.15) is 4.98 Å². The van der Waals surface area contributed by atoms with Crippen molar-refractivity contribution in [3.05, 3.63) is 60.0 Å². The third-order valence-electron chi connectivity index (χ3n) is 5.38. The van der Waals surface area contributed by atoms with Crippen LogP contribution in [0.1, 0.15) is 23.2 Å². The molecule has 14 heteroatoms. The van der Waals surface area contributed by atoms with Gasteiger partial charge in [0.25, 0.3) is 5.91 Å². The molecule has 0 atom stereocenters. The summed E-state index contributed by atoms with van der Waals surface area (Å²) in [7, 11) is -0.878. The Hall–Kier alpha value is -4.46. The summed E-state index contributed by atoms with van der Waals surface area (Å²) in [6.45, 7) is 0.458. The Morgan fingerprint density at radius 3 is 2.55 bits per heavy atom. The first-order valence-corrected chi connectivity index (χ1v) is 13.2. The van der Waals surface area contributed by atoms with E-state index >= 15 is 0 Å². The molecule has 5 N–H and O–H groups in total. The van der Waals surface area contributed by atoms with Crippen LogP contribution >= 0.6 is 0 Å². The van der Waals surface area contributed by atoms with Gasteiger partial charge in [0.1, 0.15) is 17.2 Å². The van der Waals surface area contributed by atoms with Crippen molar-refractivity contribution in [2.45, 2.75) is 12.8 Å². The molecule has 12 nitrogen and oxygen atoms in total. The number of nitrogens with zero attached hydrogens (tertiary/aromatic N) is 3. The molecule has 0 aliphatic rings. The van der Waals surface area contributed by atoms with Crippen molar-refractivity contribution in [1.29, 1.82) is 0 Å². The molecule has 0 unspecified atom stereocenters. The van der Waals surface area contributed by atoms with E-state index < -0.39 is 21.7 Å². The highest BCUT2D eigenvalue weighted by molar-refractivity contribution is 7.92. The summed E-state index contributed by atoms with van der Waals surface area (Å²) in [4.78, 5) is 31.6. The molecule has 0 aliphatic heterocycles. The lowest BCUT2D eigenvalue weighted by Gasteiger charge is -2.21. The van der Waals surface area contributed by atoms with Crippen LogP contribution in [0.25, 0.3) is 0 Å². The molecule has 3 aromatic rings. The van der Waals surface area contributed by atoms with Gasteiger partial charge in [0, 0.05) is 31.9 Å². The zero-order valence-electron chi connectivity index (χ0n) is 21.0. The van der Waals surface area contributed by atoms with Crippen LogP contribution in [0, 0.1) is 5.82 Å². The van der Waals surface area contributed by atoms with E-state index in [0.29, 0.717) is 30.0 Å². The van der Waals surface area contributed by atoms with Crippen LogP contribution in [0.3, 0.4) is 0 Å². The standard InChI is InChI=1S/C24H28FN7O5S/c1-32(38(3,35)36)20-8-5-4-7-18(20)29-23-16(22(26)34)14-28-24(31-23)30-19-13-15(10-11-17(19)25)27-12-6-9-21(33)37-2/h4-5,7-8,10-11,13-14,27H,6,9,12H2,1-3H3,(H2,26,34)(H2,28,29,30,31). The van der Waals surface area contributed by atoms with Crippen LogP contribution in [-0.4, -0.2) is 57.2 Å². The van der Waals surface area contributed by atoms with Gasteiger partial charge in [-0.25, -0.2) is 17.8 Å². The Balaban J connectivity index is 1.86. The van der Waals surface area contributed by atoms with Gasteiger partial charge in [0.2, 0.25) is 16.0 Å². The summed E-state index contributed by atoms with van der Waals surface area (Å²) >= 11 is 0. The number of carbonyl (C=O) groups is 2. The van der Waals surface area contributed by atoms with Crippen molar-refractivity contribution < 1.29 is 27.1 Å². The summed E-state index contributed by atoms with van der Waals surface area (Å²) in [5, 5.41) is 8.80. The Morgan fingerprint density at radius 2 is 1.87 bits per heavy atom. The van der Waals surface area contributed by atoms with E-state index in [1.165, 1.54) is 38.6 Å². The zero-order valence-corrected chi connectivity index (χ0v) is 21.8. The number of methoxy groups -OCH3 is 1. The Morgan fingerprint density at radius 1 is 1.13 bits per heavy atom. The van der Waals surface area contributed by atoms with Crippen LogP contribution in [0.5, 0.6) is 0 Å². The third-order valence-corrected chi connectivity index (χ3v) is 6.57. The van der Waals surface area contributed by atoms with Gasteiger partial charge in [-0.05, 0) is 36.8 Å². The summed E-state index contributed by atoms with van der Waals surface area (Å²) in [5.74, 6) is -1.78. The van der Waals surface area contributed by atoms with Crippen LogP contribution in [0.15, 0.2) is 48.7 Å². The molecule has 3 rings (SSSR count). The lowest BCUT2D eigenvalue weighted by molar-refractivity contribution is -0.140. The topological polar surface area (TPSA) is 169 Å². The number of nitrogens with two attached hydrogens (primary N) is 1. The molecule has 0 aliphatic carbocycles. The lowest BCUT2D eigenvalue weighted by Crippen LogP contribution is -2.25. The van der Waals surface area contributed by atoms with Gasteiger partial charge in [0.15, 0.2) is 0 Å². The summed E-state index contributed by atoms with van der Waals surface area (Å²) in [6.07, 6.45) is 3.00. The van der Waals surface area contributed by atoms with E-state index in [0.717, 1.165) is 10.6 Å². The van der Waals surface area contributed by atoms with Gasteiger partial charge in [0.05, 0.1) is 30.4 Å². The fourth-order valence-electron chi connectivity index (χ4n) is 3.30. The number of hydrogen-bond donors (Lipinski definition) is 4. The number of nitrogens with one attached hydrogen (secondary N) is 3. The summed E-state index contributed by atoms with van der Waals surface area (Å²) in [6, 6.07) is 10.8. The maximum absolute atomic E-state index is 14.5. The first-order valence-electron chi connectivity index (χ1n) is 11.3. The quantitative estimate of drug-likeness (QED) is 0.196. The monoisotopic (exact) mass is 545 g/mol. The van der Waals surface area contributed by atoms with Gasteiger partial charge >= 0.3 is 5.97 Å². The average molecular weight is 546 g/mol. The van der Waals surface area contributed by atoms with E-state index in [4.69, 9.17) is 5.73 Å². The number of halogens is 1. The molecule has 0 fully saturated rings. The van der Waals surface area contributed by atoms with E-state index in [1.54, 1.807) is 24.3 Å². The number of benzene rings is 2. The number of carbonyl (C=O) groups excluding carboxylic acids is 2. The highest BCUT2D eigenvalue weighted by Crippen LogP contribution is 2.30. The van der Waals surface area contributed by atoms with Gasteiger partial charge in [-0.15, -0.1) is 0 Å². The third kappa shape index (κ3) is 7.29. The Bertz CT molecular complexity index is 1440. The van der Waals surface area contributed by atoms with Crippen molar-refractivity contribution in [2.75, 3.05) is 47.2 Å². The number of esters is 1. The normalized spacial score (nSPS) is 10.9. The maximum Gasteiger partial charge on any atom is 0.305 e. The number of hydrogen-bond acceptors (Lipinski definition) is 10. The van der Waals surface area contributed by atoms with Crippen LogP contribution in [-0.2, 0) is 19.6 Å². The molecule has 0 radical (unpaired) electrons. The molecule has 0 saturated heterocycles. The van der Waals surface area contributed by atoms with E-state index in [2.05, 4.69) is 30.7 Å². The predicted molar refractivity (Wildman–Crippen MR) is 143 cm³/mol. The minimum Gasteiger partial charge on any atom is -0.469 e. The molecule has 202 valence electrons. The van der Waals surface area contributed by atoms with E-state index in [-0.39, 0.29) is 35.4 Å². The number of amides is 1. The number of rotatable bonds is 12. The second-order valence-corrected chi connectivity index (χ2v) is 10.1. The first-order chi connectivity index (χ1) is 18.0. The van der Waals surface area contributed by atoms with Crippen molar-refractivity contribution in [2.24, 2.45) is 5.73 Å². The number of aromatic nitrogens is 2. The Labute approximate surface area is 219 Å². The largest absolute Gasteiger partial charge is 0.469 e. The highest BCUT2D eigenvalue weighted by Gasteiger charge is 2.19. The molecule has 0 bridgehead atoms. The summed E-state index contributed by atoms with van der Waals surface area (Å²) in [5.41, 5.74) is 6.70. The number of ether oxygens (including phenoxy) is 1. The molecule has 0 spiro atoms. The second kappa shape index (κ2) is 12.2. The molecular weight excluding hydrogens is 517 g/mol.